The van der Waals surface area contributed by atoms with Gasteiger partial charge < -0.3 is 15.4 Å². The van der Waals surface area contributed by atoms with E-state index in [0.29, 0.717) is 13.0 Å². The molecule has 0 spiro atoms. The zero-order valence-corrected chi connectivity index (χ0v) is 13.9. The normalized spacial score (nSPS) is 16.0. The summed E-state index contributed by atoms with van der Waals surface area (Å²) in [4.78, 5) is 12.4. The monoisotopic (exact) mass is 332 g/mol. The molecule has 0 saturated carbocycles. The lowest BCUT2D eigenvalue weighted by Crippen LogP contribution is -2.44. The van der Waals surface area contributed by atoms with Gasteiger partial charge in [-0.2, -0.15) is 0 Å². The lowest BCUT2D eigenvalue weighted by Gasteiger charge is -2.25. The molecule has 0 bridgehead atoms. The first-order valence-corrected chi connectivity index (χ1v) is 7.60. The molecule has 1 aliphatic rings. The summed E-state index contributed by atoms with van der Waals surface area (Å²) in [5.74, 6) is 0.755. The van der Waals surface area contributed by atoms with Gasteiger partial charge in [-0.25, -0.2) is 0 Å². The number of fused-ring (bicyclic) bond motifs is 1. The first-order chi connectivity index (χ1) is 10.8. The second kappa shape index (κ2) is 7.99. The molecule has 2 aromatic carbocycles. The molecule has 3 rings (SSSR count). The smallest absolute Gasteiger partial charge is 0.241 e. The van der Waals surface area contributed by atoms with E-state index in [1.54, 1.807) is 0 Å². The Balaban J connectivity index is 0.00000192. The Morgan fingerprint density at radius 1 is 1.22 bits per heavy atom. The molecule has 2 N–H and O–H groups in total. The van der Waals surface area contributed by atoms with Crippen LogP contribution in [-0.4, -0.2) is 18.6 Å². The number of anilines is 1. The van der Waals surface area contributed by atoms with E-state index in [0.717, 1.165) is 18.0 Å². The van der Waals surface area contributed by atoms with E-state index < -0.39 is 0 Å². The van der Waals surface area contributed by atoms with E-state index in [9.17, 15) is 4.79 Å². The number of benzene rings is 2. The minimum absolute atomic E-state index is 0. The lowest BCUT2D eigenvalue weighted by molar-refractivity contribution is -0.118. The predicted octanol–water partition coefficient (Wildman–Crippen LogP) is 3.16. The van der Waals surface area contributed by atoms with Gasteiger partial charge in [0.05, 0.1) is 12.6 Å². The number of rotatable bonds is 4. The van der Waals surface area contributed by atoms with Crippen LogP contribution in [0.1, 0.15) is 18.1 Å². The second-order valence-corrected chi connectivity index (χ2v) is 5.36. The molecule has 4 nitrogen and oxygen atoms in total. The van der Waals surface area contributed by atoms with Crippen LogP contribution < -0.4 is 15.4 Å². The molecule has 0 aromatic heterocycles. The molecule has 5 heteroatoms. The topological polar surface area (TPSA) is 50.4 Å². The van der Waals surface area contributed by atoms with Crippen molar-refractivity contribution in [2.45, 2.75) is 25.9 Å². The molecule has 1 unspecified atom stereocenters. The molecule has 23 heavy (non-hydrogen) atoms. The van der Waals surface area contributed by atoms with Crippen molar-refractivity contribution in [3.8, 4) is 5.75 Å². The van der Waals surface area contributed by atoms with Crippen molar-refractivity contribution in [2.24, 2.45) is 0 Å². The van der Waals surface area contributed by atoms with Gasteiger partial charge >= 0.3 is 0 Å². The SMILES string of the molecule is CCOc1cccc(NC(=O)C2Cc3ccccc3CN2)c1.Cl. The number of halogens is 1. The molecule has 1 amide bonds. The van der Waals surface area contributed by atoms with E-state index in [2.05, 4.69) is 22.8 Å². The Hall–Kier alpha value is -2.04. The van der Waals surface area contributed by atoms with Crippen molar-refractivity contribution in [1.82, 2.24) is 5.32 Å². The van der Waals surface area contributed by atoms with Crippen LogP contribution in [0.5, 0.6) is 5.75 Å². The van der Waals surface area contributed by atoms with Gasteiger partial charge in [0.25, 0.3) is 0 Å². The zero-order chi connectivity index (χ0) is 15.4. The third kappa shape index (κ3) is 4.24. The maximum absolute atomic E-state index is 12.4. The van der Waals surface area contributed by atoms with Crippen molar-refractivity contribution in [3.05, 3.63) is 59.7 Å². The number of carbonyl (C=O) groups is 1. The Kier molecular flexibility index (Phi) is 6.02. The largest absolute Gasteiger partial charge is 0.494 e. The van der Waals surface area contributed by atoms with Crippen LogP contribution >= 0.6 is 12.4 Å². The highest BCUT2D eigenvalue weighted by atomic mass is 35.5. The van der Waals surface area contributed by atoms with Crippen LogP contribution in [0, 0.1) is 0 Å². The van der Waals surface area contributed by atoms with Gasteiger partial charge in [-0.15, -0.1) is 12.4 Å². The van der Waals surface area contributed by atoms with Crippen LogP contribution in [0.2, 0.25) is 0 Å². The molecule has 122 valence electrons. The fraction of sp³-hybridized carbons (Fsp3) is 0.278. The highest BCUT2D eigenvalue weighted by Crippen LogP contribution is 2.20. The van der Waals surface area contributed by atoms with E-state index in [1.165, 1.54) is 11.1 Å². The Labute approximate surface area is 142 Å². The minimum Gasteiger partial charge on any atom is -0.494 e. The average Bonchev–Trinajstić information content (AvgIpc) is 2.55. The summed E-state index contributed by atoms with van der Waals surface area (Å²) in [6.07, 6.45) is 0.715. The zero-order valence-electron chi connectivity index (χ0n) is 13.0. The predicted molar refractivity (Wildman–Crippen MR) is 94.3 cm³/mol. The third-order valence-electron chi connectivity index (χ3n) is 3.81. The van der Waals surface area contributed by atoms with Crippen LogP contribution in [0.15, 0.2) is 48.5 Å². The van der Waals surface area contributed by atoms with Gasteiger partial charge in [-0.05, 0) is 36.6 Å². The molecule has 0 aliphatic carbocycles. The van der Waals surface area contributed by atoms with Crippen LogP contribution in [0.25, 0.3) is 0 Å². The summed E-state index contributed by atoms with van der Waals surface area (Å²) in [6, 6.07) is 15.5. The highest BCUT2D eigenvalue weighted by molar-refractivity contribution is 5.95. The van der Waals surface area contributed by atoms with Crippen LogP contribution in [-0.2, 0) is 17.8 Å². The van der Waals surface area contributed by atoms with Gasteiger partial charge in [0.2, 0.25) is 5.91 Å². The van der Waals surface area contributed by atoms with Crippen molar-refractivity contribution < 1.29 is 9.53 Å². The molecule has 1 aliphatic heterocycles. The molecule has 0 radical (unpaired) electrons. The fourth-order valence-electron chi connectivity index (χ4n) is 2.70. The summed E-state index contributed by atoms with van der Waals surface area (Å²) >= 11 is 0. The Bertz CT molecular complexity index is 676. The molecule has 2 aromatic rings. The van der Waals surface area contributed by atoms with Gasteiger partial charge in [0.1, 0.15) is 5.75 Å². The summed E-state index contributed by atoms with van der Waals surface area (Å²) in [5, 5.41) is 6.25. The minimum atomic E-state index is -0.203. The molecular weight excluding hydrogens is 312 g/mol. The summed E-state index contributed by atoms with van der Waals surface area (Å²) in [5.41, 5.74) is 3.27. The Morgan fingerprint density at radius 3 is 2.78 bits per heavy atom. The van der Waals surface area contributed by atoms with Crippen molar-refractivity contribution in [2.75, 3.05) is 11.9 Å². The average molecular weight is 333 g/mol. The van der Waals surface area contributed by atoms with Crippen molar-refractivity contribution >= 4 is 24.0 Å². The Morgan fingerprint density at radius 2 is 2.00 bits per heavy atom. The summed E-state index contributed by atoms with van der Waals surface area (Å²) < 4.78 is 5.45. The molecular formula is C18H21ClN2O2. The highest BCUT2D eigenvalue weighted by Gasteiger charge is 2.23. The van der Waals surface area contributed by atoms with Gasteiger partial charge in [0, 0.05) is 18.3 Å². The molecule has 0 saturated heterocycles. The second-order valence-electron chi connectivity index (χ2n) is 5.36. The van der Waals surface area contributed by atoms with E-state index in [-0.39, 0.29) is 24.4 Å². The third-order valence-corrected chi connectivity index (χ3v) is 3.81. The van der Waals surface area contributed by atoms with Gasteiger partial charge in [-0.3, -0.25) is 4.79 Å². The van der Waals surface area contributed by atoms with Crippen molar-refractivity contribution in [1.29, 1.82) is 0 Å². The number of ether oxygens (including phenoxy) is 1. The van der Waals surface area contributed by atoms with Crippen LogP contribution in [0.3, 0.4) is 0 Å². The molecule has 1 atom stereocenters. The van der Waals surface area contributed by atoms with E-state index in [4.69, 9.17) is 4.74 Å². The summed E-state index contributed by atoms with van der Waals surface area (Å²) in [6.45, 7) is 3.28. The first kappa shape index (κ1) is 17.3. The first-order valence-electron chi connectivity index (χ1n) is 7.60. The lowest BCUT2D eigenvalue weighted by atomic mass is 9.95. The van der Waals surface area contributed by atoms with Gasteiger partial charge in [0.15, 0.2) is 0 Å². The van der Waals surface area contributed by atoms with Crippen LogP contribution in [0.4, 0.5) is 5.69 Å². The number of hydrogen-bond acceptors (Lipinski definition) is 3. The number of nitrogens with one attached hydrogen (secondary N) is 2. The maximum atomic E-state index is 12.4. The molecule has 0 fully saturated rings. The van der Waals surface area contributed by atoms with E-state index >= 15 is 0 Å². The number of hydrogen-bond donors (Lipinski definition) is 2. The number of carbonyl (C=O) groups excluding carboxylic acids is 1. The maximum Gasteiger partial charge on any atom is 0.241 e. The standard InChI is InChI=1S/C18H20N2O2.ClH/c1-2-22-16-9-5-8-15(11-16)20-18(21)17-10-13-6-3-4-7-14(13)12-19-17;/h3-9,11,17,19H,2,10,12H2,1H3,(H,20,21);1H. The van der Waals surface area contributed by atoms with E-state index in [1.807, 2.05) is 43.3 Å². The summed E-state index contributed by atoms with van der Waals surface area (Å²) in [7, 11) is 0. The fourth-order valence-corrected chi connectivity index (χ4v) is 2.70. The quantitative estimate of drug-likeness (QED) is 0.904. The van der Waals surface area contributed by atoms with Crippen molar-refractivity contribution in [3.63, 3.8) is 0 Å². The molecule has 1 heterocycles. The number of amides is 1. The van der Waals surface area contributed by atoms with Gasteiger partial charge in [-0.1, -0.05) is 30.3 Å².